The van der Waals surface area contributed by atoms with Crippen molar-refractivity contribution in [3.63, 3.8) is 0 Å². The van der Waals surface area contributed by atoms with E-state index in [4.69, 9.17) is 11.6 Å². The highest BCUT2D eigenvalue weighted by Gasteiger charge is 2.27. The summed E-state index contributed by atoms with van der Waals surface area (Å²) in [5, 5.41) is 3.25. The maximum absolute atomic E-state index is 13.3. The number of carbonyl (C=O) groups excluding carboxylic acids is 1. The Morgan fingerprint density at radius 1 is 1.00 bits per heavy atom. The fourth-order valence-corrected chi connectivity index (χ4v) is 4.62. The molecule has 1 atom stereocenters. The molecule has 1 amide bonds. The van der Waals surface area contributed by atoms with Gasteiger partial charge in [0.15, 0.2) is 0 Å². The first-order chi connectivity index (χ1) is 14.3. The number of sulfonamides is 1. The topological polar surface area (TPSA) is 66.5 Å². The van der Waals surface area contributed by atoms with E-state index < -0.39 is 15.9 Å². The van der Waals surface area contributed by atoms with Crippen LogP contribution in [0.2, 0.25) is 5.02 Å². The monoisotopic (exact) mass is 442 g/mol. The summed E-state index contributed by atoms with van der Waals surface area (Å²) >= 11 is 6.08. The van der Waals surface area contributed by atoms with E-state index in [0.717, 1.165) is 15.4 Å². The first-order valence-corrected chi connectivity index (χ1v) is 11.3. The standard InChI is InChI=1S/C23H23ClN2O3S/c1-17-11-13-22(14-12-17)30(28,29)26(21-10-6-9-20(24)15-21)16-23(27)25-18(2)19-7-4-3-5-8-19/h3-15,18H,16H2,1-2H3,(H,25,27). The summed E-state index contributed by atoms with van der Waals surface area (Å²) in [6.45, 7) is 3.36. The Kier molecular flexibility index (Phi) is 6.80. The Balaban J connectivity index is 1.90. The molecule has 0 aromatic heterocycles. The van der Waals surface area contributed by atoms with Crippen LogP contribution in [0.4, 0.5) is 5.69 Å². The lowest BCUT2D eigenvalue weighted by Gasteiger charge is -2.25. The lowest BCUT2D eigenvalue weighted by atomic mass is 10.1. The number of nitrogens with zero attached hydrogens (tertiary/aromatic N) is 1. The highest BCUT2D eigenvalue weighted by Crippen LogP contribution is 2.26. The van der Waals surface area contributed by atoms with Crippen molar-refractivity contribution >= 4 is 33.2 Å². The van der Waals surface area contributed by atoms with Crippen LogP contribution in [0.1, 0.15) is 24.1 Å². The van der Waals surface area contributed by atoms with Crippen molar-refractivity contribution in [1.82, 2.24) is 5.32 Å². The normalized spacial score (nSPS) is 12.2. The van der Waals surface area contributed by atoms with Gasteiger partial charge in [-0.2, -0.15) is 0 Å². The van der Waals surface area contributed by atoms with Gasteiger partial charge in [-0.15, -0.1) is 0 Å². The molecule has 0 spiro atoms. The van der Waals surface area contributed by atoms with Crippen molar-refractivity contribution in [2.45, 2.75) is 24.8 Å². The second kappa shape index (κ2) is 9.32. The average Bonchev–Trinajstić information content (AvgIpc) is 2.73. The van der Waals surface area contributed by atoms with Gasteiger partial charge in [0, 0.05) is 5.02 Å². The highest BCUT2D eigenvalue weighted by atomic mass is 35.5. The van der Waals surface area contributed by atoms with Crippen LogP contribution >= 0.6 is 11.6 Å². The van der Waals surface area contributed by atoms with Gasteiger partial charge in [0.1, 0.15) is 6.54 Å². The summed E-state index contributed by atoms with van der Waals surface area (Å²) in [7, 11) is -3.97. The minimum atomic E-state index is -3.97. The van der Waals surface area contributed by atoms with Crippen molar-refractivity contribution in [3.05, 3.63) is 95.0 Å². The Bertz CT molecular complexity index is 1120. The average molecular weight is 443 g/mol. The number of hydrogen-bond donors (Lipinski definition) is 1. The van der Waals surface area contributed by atoms with Crippen molar-refractivity contribution in [2.24, 2.45) is 0 Å². The molecule has 0 aliphatic rings. The smallest absolute Gasteiger partial charge is 0.264 e. The van der Waals surface area contributed by atoms with E-state index in [1.807, 2.05) is 44.2 Å². The van der Waals surface area contributed by atoms with Gasteiger partial charge in [-0.1, -0.05) is 65.7 Å². The zero-order valence-electron chi connectivity index (χ0n) is 16.7. The van der Waals surface area contributed by atoms with E-state index >= 15 is 0 Å². The largest absolute Gasteiger partial charge is 0.348 e. The molecule has 0 bridgehead atoms. The van der Waals surface area contributed by atoms with Crippen LogP contribution in [-0.4, -0.2) is 20.9 Å². The summed E-state index contributed by atoms with van der Waals surface area (Å²) in [6, 6.07) is 22.2. The Hall–Kier alpha value is -2.83. The van der Waals surface area contributed by atoms with Crippen LogP contribution in [0.25, 0.3) is 0 Å². The molecular weight excluding hydrogens is 420 g/mol. The van der Waals surface area contributed by atoms with Gasteiger partial charge in [0.25, 0.3) is 10.0 Å². The molecule has 30 heavy (non-hydrogen) atoms. The van der Waals surface area contributed by atoms with Gasteiger partial charge in [0.2, 0.25) is 5.91 Å². The van der Waals surface area contributed by atoms with E-state index in [9.17, 15) is 13.2 Å². The summed E-state index contributed by atoms with van der Waals surface area (Å²) < 4.78 is 27.8. The molecule has 0 fully saturated rings. The second-order valence-corrected chi connectivity index (χ2v) is 9.30. The fraction of sp³-hybridized carbons (Fsp3) is 0.174. The fourth-order valence-electron chi connectivity index (χ4n) is 3.03. The van der Waals surface area contributed by atoms with Crippen molar-refractivity contribution < 1.29 is 13.2 Å². The maximum Gasteiger partial charge on any atom is 0.264 e. The van der Waals surface area contributed by atoms with Crippen LogP contribution in [0, 0.1) is 6.92 Å². The number of aryl methyl sites for hydroxylation is 1. The molecule has 5 nitrogen and oxygen atoms in total. The quantitative estimate of drug-likeness (QED) is 0.575. The van der Waals surface area contributed by atoms with Crippen molar-refractivity contribution in [2.75, 3.05) is 10.8 Å². The third kappa shape index (κ3) is 5.20. The molecule has 0 aliphatic carbocycles. The van der Waals surface area contributed by atoms with Gasteiger partial charge in [-0.05, 0) is 49.7 Å². The minimum Gasteiger partial charge on any atom is -0.348 e. The molecule has 0 saturated carbocycles. The molecule has 3 aromatic carbocycles. The van der Waals surface area contributed by atoms with E-state index in [-0.39, 0.29) is 17.5 Å². The Morgan fingerprint density at radius 2 is 1.67 bits per heavy atom. The van der Waals surface area contributed by atoms with E-state index in [2.05, 4.69) is 5.32 Å². The molecule has 3 rings (SSSR count). The van der Waals surface area contributed by atoms with Crippen molar-refractivity contribution in [3.8, 4) is 0 Å². The molecule has 1 unspecified atom stereocenters. The number of carbonyl (C=O) groups is 1. The Morgan fingerprint density at radius 3 is 2.30 bits per heavy atom. The number of nitrogens with one attached hydrogen (secondary N) is 1. The lowest BCUT2D eigenvalue weighted by Crippen LogP contribution is -2.41. The number of anilines is 1. The summed E-state index contributed by atoms with van der Waals surface area (Å²) in [4.78, 5) is 12.9. The first-order valence-electron chi connectivity index (χ1n) is 9.46. The number of amides is 1. The lowest BCUT2D eigenvalue weighted by molar-refractivity contribution is -0.120. The predicted molar refractivity (Wildman–Crippen MR) is 120 cm³/mol. The second-order valence-electron chi connectivity index (χ2n) is 7.00. The van der Waals surface area contributed by atoms with Crippen LogP contribution in [0.3, 0.4) is 0 Å². The van der Waals surface area contributed by atoms with Crippen LogP contribution < -0.4 is 9.62 Å². The number of benzene rings is 3. The molecule has 0 heterocycles. The molecule has 1 N–H and O–H groups in total. The third-order valence-corrected chi connectivity index (χ3v) is 6.69. The van der Waals surface area contributed by atoms with Gasteiger partial charge >= 0.3 is 0 Å². The van der Waals surface area contributed by atoms with Gasteiger partial charge in [-0.3, -0.25) is 9.10 Å². The summed E-state index contributed by atoms with van der Waals surface area (Å²) in [6.07, 6.45) is 0. The number of hydrogen-bond acceptors (Lipinski definition) is 3. The molecule has 0 radical (unpaired) electrons. The summed E-state index contributed by atoms with van der Waals surface area (Å²) in [5.74, 6) is -0.415. The molecule has 0 saturated heterocycles. The highest BCUT2D eigenvalue weighted by molar-refractivity contribution is 7.92. The predicted octanol–water partition coefficient (Wildman–Crippen LogP) is 4.72. The van der Waals surface area contributed by atoms with Gasteiger partial charge < -0.3 is 5.32 Å². The van der Waals surface area contributed by atoms with E-state index in [0.29, 0.717) is 10.7 Å². The zero-order valence-corrected chi connectivity index (χ0v) is 18.3. The van der Waals surface area contributed by atoms with E-state index in [1.165, 1.54) is 18.2 Å². The molecule has 3 aromatic rings. The molecule has 7 heteroatoms. The first kappa shape index (κ1) is 21.9. The van der Waals surface area contributed by atoms with Crippen LogP contribution in [0.5, 0.6) is 0 Å². The number of rotatable bonds is 7. The Labute approximate surface area is 182 Å². The molecular formula is C23H23ClN2O3S. The minimum absolute atomic E-state index is 0.108. The van der Waals surface area contributed by atoms with E-state index in [1.54, 1.807) is 30.3 Å². The van der Waals surface area contributed by atoms with Crippen LogP contribution in [0.15, 0.2) is 83.8 Å². The molecule has 0 aliphatic heterocycles. The van der Waals surface area contributed by atoms with Gasteiger partial charge in [0.05, 0.1) is 16.6 Å². The van der Waals surface area contributed by atoms with Crippen LogP contribution in [-0.2, 0) is 14.8 Å². The third-order valence-electron chi connectivity index (χ3n) is 4.67. The summed E-state index contributed by atoms with van der Waals surface area (Å²) in [5.41, 5.74) is 2.20. The maximum atomic E-state index is 13.3. The zero-order chi connectivity index (χ0) is 21.7. The van der Waals surface area contributed by atoms with Gasteiger partial charge in [-0.25, -0.2) is 8.42 Å². The van der Waals surface area contributed by atoms with Crippen molar-refractivity contribution in [1.29, 1.82) is 0 Å². The molecule has 156 valence electrons. The number of halogens is 1. The SMILES string of the molecule is Cc1ccc(S(=O)(=O)N(CC(=O)NC(C)c2ccccc2)c2cccc(Cl)c2)cc1.